The number of carboxylic acid groups (broad SMARTS) is 1. The zero-order valence-electron chi connectivity index (χ0n) is 7.49. The van der Waals surface area contributed by atoms with Crippen LogP contribution in [0.4, 0.5) is 4.79 Å². The lowest BCUT2D eigenvalue weighted by Crippen LogP contribution is -2.24. The van der Waals surface area contributed by atoms with Crippen LogP contribution < -0.4 is 5.32 Å². The number of benzene rings is 1. The Morgan fingerprint density at radius 2 is 2.21 bits per heavy atom. The SMILES string of the molecule is C[C@@H](NC(=O)O)c1ccc(I)c(O)c1. The molecule has 0 heterocycles. The van der Waals surface area contributed by atoms with E-state index in [1.165, 1.54) is 0 Å². The van der Waals surface area contributed by atoms with Crippen LogP contribution in [-0.2, 0) is 0 Å². The summed E-state index contributed by atoms with van der Waals surface area (Å²) in [7, 11) is 0. The molecule has 0 unspecified atom stereocenters. The van der Waals surface area contributed by atoms with E-state index in [0.29, 0.717) is 0 Å². The molecule has 5 heteroatoms. The number of phenolic OH excluding ortho intramolecular Hbond substituents is 1. The predicted molar refractivity (Wildman–Crippen MR) is 60.4 cm³/mol. The summed E-state index contributed by atoms with van der Waals surface area (Å²) in [6.45, 7) is 1.72. The van der Waals surface area contributed by atoms with Gasteiger partial charge in [-0.3, -0.25) is 0 Å². The molecule has 1 atom stereocenters. The molecular formula is C9H10INO3. The number of aromatic hydroxyl groups is 1. The van der Waals surface area contributed by atoms with E-state index in [1.807, 2.05) is 22.6 Å². The topological polar surface area (TPSA) is 69.6 Å². The van der Waals surface area contributed by atoms with Gasteiger partial charge in [0.1, 0.15) is 5.75 Å². The Labute approximate surface area is 95.1 Å². The summed E-state index contributed by atoms with van der Waals surface area (Å²) in [5.74, 6) is 0.169. The van der Waals surface area contributed by atoms with E-state index in [-0.39, 0.29) is 11.8 Å². The Balaban J connectivity index is 2.85. The van der Waals surface area contributed by atoms with E-state index in [1.54, 1.807) is 25.1 Å². The van der Waals surface area contributed by atoms with Gasteiger partial charge in [0, 0.05) is 0 Å². The van der Waals surface area contributed by atoms with Crippen molar-refractivity contribution in [2.75, 3.05) is 0 Å². The molecule has 0 bridgehead atoms. The highest BCUT2D eigenvalue weighted by Crippen LogP contribution is 2.23. The first kappa shape index (κ1) is 11.1. The molecule has 1 rings (SSSR count). The van der Waals surface area contributed by atoms with E-state index in [9.17, 15) is 9.90 Å². The molecule has 76 valence electrons. The molecule has 4 nitrogen and oxygen atoms in total. The summed E-state index contributed by atoms with van der Waals surface area (Å²) < 4.78 is 0.744. The molecule has 0 fully saturated rings. The molecule has 0 radical (unpaired) electrons. The monoisotopic (exact) mass is 307 g/mol. The van der Waals surface area contributed by atoms with Gasteiger partial charge in [0.2, 0.25) is 0 Å². The summed E-state index contributed by atoms with van der Waals surface area (Å²) in [6.07, 6.45) is -1.07. The van der Waals surface area contributed by atoms with Gasteiger partial charge in [-0.05, 0) is 47.2 Å². The molecule has 1 aromatic carbocycles. The summed E-state index contributed by atoms with van der Waals surface area (Å²) in [4.78, 5) is 10.4. The van der Waals surface area contributed by atoms with Crippen LogP contribution in [0.3, 0.4) is 0 Å². The average molecular weight is 307 g/mol. The Bertz CT molecular complexity index is 354. The smallest absolute Gasteiger partial charge is 0.405 e. The third-order valence-electron chi connectivity index (χ3n) is 1.81. The first-order valence-corrected chi connectivity index (χ1v) is 5.06. The molecule has 3 N–H and O–H groups in total. The number of carbonyl (C=O) groups is 1. The fraction of sp³-hybridized carbons (Fsp3) is 0.222. The predicted octanol–water partition coefficient (Wildman–Crippen LogP) is 2.33. The van der Waals surface area contributed by atoms with Gasteiger partial charge < -0.3 is 15.5 Å². The number of nitrogens with one attached hydrogen (secondary N) is 1. The normalized spacial score (nSPS) is 12.1. The van der Waals surface area contributed by atoms with Crippen LogP contribution in [0, 0.1) is 3.57 Å². The van der Waals surface area contributed by atoms with Crippen molar-refractivity contribution in [2.45, 2.75) is 13.0 Å². The zero-order valence-corrected chi connectivity index (χ0v) is 9.65. The largest absolute Gasteiger partial charge is 0.507 e. The summed E-state index contributed by atoms with van der Waals surface area (Å²) in [6, 6.07) is 4.76. The second-order valence-electron chi connectivity index (χ2n) is 2.88. The van der Waals surface area contributed by atoms with Crippen LogP contribution in [0.5, 0.6) is 5.75 Å². The van der Waals surface area contributed by atoms with Crippen molar-refractivity contribution < 1.29 is 15.0 Å². The molecule has 0 aliphatic rings. The molecule has 14 heavy (non-hydrogen) atoms. The summed E-state index contributed by atoms with van der Waals surface area (Å²) >= 11 is 2.00. The molecule has 0 aliphatic heterocycles. The summed E-state index contributed by atoms with van der Waals surface area (Å²) in [5, 5.41) is 20.2. The Morgan fingerprint density at radius 3 is 2.71 bits per heavy atom. The van der Waals surface area contributed by atoms with Crippen molar-refractivity contribution in [1.82, 2.24) is 5.32 Å². The van der Waals surface area contributed by atoms with Gasteiger partial charge >= 0.3 is 6.09 Å². The van der Waals surface area contributed by atoms with Crippen molar-refractivity contribution in [2.24, 2.45) is 0 Å². The van der Waals surface area contributed by atoms with Crippen molar-refractivity contribution in [1.29, 1.82) is 0 Å². The number of hydrogen-bond acceptors (Lipinski definition) is 2. The van der Waals surface area contributed by atoms with Gasteiger partial charge in [-0.25, -0.2) is 4.79 Å². The lowest BCUT2D eigenvalue weighted by atomic mass is 10.1. The third kappa shape index (κ3) is 2.76. The van der Waals surface area contributed by atoms with E-state index >= 15 is 0 Å². The van der Waals surface area contributed by atoms with E-state index < -0.39 is 6.09 Å². The van der Waals surface area contributed by atoms with Gasteiger partial charge in [-0.1, -0.05) is 6.07 Å². The van der Waals surface area contributed by atoms with E-state index in [2.05, 4.69) is 5.32 Å². The molecule has 0 saturated carbocycles. The second kappa shape index (κ2) is 4.50. The molecule has 0 aromatic heterocycles. The minimum atomic E-state index is -1.07. The van der Waals surface area contributed by atoms with Crippen LogP contribution >= 0.6 is 22.6 Å². The Kier molecular flexibility index (Phi) is 3.56. The zero-order chi connectivity index (χ0) is 10.7. The molecule has 1 amide bonds. The van der Waals surface area contributed by atoms with Gasteiger partial charge in [0.25, 0.3) is 0 Å². The molecule has 1 aromatic rings. The van der Waals surface area contributed by atoms with Gasteiger partial charge in [0.15, 0.2) is 0 Å². The standard InChI is InChI=1S/C9H10INO3/c1-5(11-9(13)14)6-2-3-7(10)8(12)4-6/h2-5,11-12H,1H3,(H,13,14)/t5-/m1/s1. The fourth-order valence-corrected chi connectivity index (χ4v) is 1.40. The van der Waals surface area contributed by atoms with Crippen molar-refractivity contribution >= 4 is 28.7 Å². The average Bonchev–Trinajstić information content (AvgIpc) is 2.08. The highest BCUT2D eigenvalue weighted by Gasteiger charge is 2.09. The van der Waals surface area contributed by atoms with Crippen LogP contribution in [0.2, 0.25) is 0 Å². The lowest BCUT2D eigenvalue weighted by molar-refractivity contribution is 0.191. The highest BCUT2D eigenvalue weighted by atomic mass is 127. The van der Waals surface area contributed by atoms with Gasteiger partial charge in [0.05, 0.1) is 9.61 Å². The maximum Gasteiger partial charge on any atom is 0.405 e. The van der Waals surface area contributed by atoms with Crippen LogP contribution in [-0.4, -0.2) is 16.3 Å². The van der Waals surface area contributed by atoms with Crippen molar-refractivity contribution in [3.63, 3.8) is 0 Å². The second-order valence-corrected chi connectivity index (χ2v) is 4.04. The third-order valence-corrected chi connectivity index (χ3v) is 2.72. The van der Waals surface area contributed by atoms with Crippen molar-refractivity contribution in [3.05, 3.63) is 27.3 Å². The Hall–Kier alpha value is -0.980. The Morgan fingerprint density at radius 1 is 1.57 bits per heavy atom. The van der Waals surface area contributed by atoms with Crippen LogP contribution in [0.25, 0.3) is 0 Å². The van der Waals surface area contributed by atoms with Crippen molar-refractivity contribution in [3.8, 4) is 5.75 Å². The van der Waals surface area contributed by atoms with E-state index in [0.717, 1.165) is 9.13 Å². The highest BCUT2D eigenvalue weighted by molar-refractivity contribution is 14.1. The van der Waals surface area contributed by atoms with Gasteiger partial charge in [-0.2, -0.15) is 0 Å². The molecular weight excluding hydrogens is 297 g/mol. The molecule has 0 spiro atoms. The number of halogens is 1. The fourth-order valence-electron chi connectivity index (χ4n) is 1.07. The maximum atomic E-state index is 10.4. The lowest BCUT2D eigenvalue weighted by Gasteiger charge is -2.12. The van der Waals surface area contributed by atoms with Crippen LogP contribution in [0.15, 0.2) is 18.2 Å². The quantitative estimate of drug-likeness (QED) is 0.735. The summed E-state index contributed by atoms with van der Waals surface area (Å²) in [5.41, 5.74) is 0.741. The minimum Gasteiger partial charge on any atom is -0.507 e. The maximum absolute atomic E-state index is 10.4. The number of amides is 1. The van der Waals surface area contributed by atoms with E-state index in [4.69, 9.17) is 5.11 Å². The van der Waals surface area contributed by atoms with Gasteiger partial charge in [-0.15, -0.1) is 0 Å². The number of hydrogen-bond donors (Lipinski definition) is 3. The molecule has 0 aliphatic carbocycles. The minimum absolute atomic E-state index is 0.169. The number of rotatable bonds is 2. The van der Waals surface area contributed by atoms with Crippen LogP contribution in [0.1, 0.15) is 18.5 Å². The molecule has 0 saturated heterocycles. The first-order valence-electron chi connectivity index (χ1n) is 3.98. The number of phenols is 1. The first-order chi connectivity index (χ1) is 6.50.